The lowest BCUT2D eigenvalue weighted by Crippen LogP contribution is -2.46. The Morgan fingerprint density at radius 1 is 1.15 bits per heavy atom. The zero-order valence-corrected chi connectivity index (χ0v) is 15.4. The minimum absolute atomic E-state index is 0.345. The van der Waals surface area contributed by atoms with Crippen molar-refractivity contribution >= 4 is 5.69 Å². The maximum atomic E-state index is 12.5. The predicted molar refractivity (Wildman–Crippen MR) is 99.7 cm³/mol. The van der Waals surface area contributed by atoms with Crippen LogP contribution in [0.2, 0.25) is 0 Å². The molecule has 0 bridgehead atoms. The Labute approximate surface area is 155 Å². The molecule has 1 aromatic heterocycles. The van der Waals surface area contributed by atoms with Crippen molar-refractivity contribution in [3.63, 3.8) is 0 Å². The number of allylic oxidation sites excluding steroid dienone is 1. The highest BCUT2D eigenvalue weighted by Crippen LogP contribution is 2.47. The summed E-state index contributed by atoms with van der Waals surface area (Å²) in [4.78, 5) is 29.2. The summed E-state index contributed by atoms with van der Waals surface area (Å²) >= 11 is 0. The number of nitrogens with one attached hydrogen (secondary N) is 1. The smallest absolute Gasteiger partial charge is 0.345 e. The molecule has 8 nitrogen and oxygen atoms in total. The van der Waals surface area contributed by atoms with E-state index in [0.717, 1.165) is 35.7 Å². The van der Waals surface area contributed by atoms with Crippen LogP contribution >= 0.6 is 0 Å². The molecule has 4 heterocycles. The maximum absolute atomic E-state index is 12.5. The molecule has 0 spiro atoms. The number of morpholine rings is 1. The summed E-state index contributed by atoms with van der Waals surface area (Å²) in [5.74, 6) is 0.750. The molecule has 3 aliphatic heterocycles. The Hall–Kier alpha value is -2.74. The van der Waals surface area contributed by atoms with Crippen LogP contribution in [0.1, 0.15) is 25.5 Å². The number of nitrogens with zero attached hydrogens (tertiary/aromatic N) is 3. The lowest BCUT2D eigenvalue weighted by Gasteiger charge is -2.43. The standard InChI is InChI=1S/C19H22N4O4/c1-19(2)14-5-6-22-17(24)20-18(25)23(22)16(14)13-4-3-12(11-15(13)27-19)21-7-9-26-10-8-21/h3-5,11,16H,6-10H2,1-2H3,(H,20,24,25). The summed E-state index contributed by atoms with van der Waals surface area (Å²) in [6.45, 7) is 7.47. The quantitative estimate of drug-likeness (QED) is 0.754. The Bertz CT molecular complexity index is 1050. The second-order valence-electron chi connectivity index (χ2n) is 7.66. The molecular weight excluding hydrogens is 348 g/mol. The van der Waals surface area contributed by atoms with E-state index in [1.54, 1.807) is 0 Å². The fourth-order valence-electron chi connectivity index (χ4n) is 4.34. The molecule has 8 heteroatoms. The zero-order chi connectivity index (χ0) is 18.8. The number of hydrogen-bond donors (Lipinski definition) is 1. The van der Waals surface area contributed by atoms with Gasteiger partial charge in [-0.25, -0.2) is 19.0 Å². The van der Waals surface area contributed by atoms with Crippen LogP contribution in [0, 0.1) is 0 Å². The first-order chi connectivity index (χ1) is 13.0. The molecule has 1 fully saturated rings. The number of fused-ring (bicyclic) bond motifs is 5. The first-order valence-corrected chi connectivity index (χ1v) is 9.23. The van der Waals surface area contributed by atoms with Crippen molar-refractivity contribution < 1.29 is 9.47 Å². The normalized spacial score (nSPS) is 23.0. The lowest BCUT2D eigenvalue weighted by molar-refractivity contribution is 0.112. The van der Waals surface area contributed by atoms with Crippen molar-refractivity contribution in [1.29, 1.82) is 0 Å². The molecule has 1 aromatic carbocycles. The molecule has 0 amide bonds. The van der Waals surface area contributed by atoms with Crippen molar-refractivity contribution in [3.8, 4) is 5.75 Å². The molecule has 3 aliphatic rings. The molecule has 1 N–H and O–H groups in total. The Morgan fingerprint density at radius 2 is 1.93 bits per heavy atom. The first kappa shape index (κ1) is 16.4. The highest BCUT2D eigenvalue weighted by molar-refractivity contribution is 5.58. The summed E-state index contributed by atoms with van der Waals surface area (Å²) in [6, 6.07) is 5.75. The number of aromatic nitrogens is 3. The number of hydrogen-bond acceptors (Lipinski definition) is 5. The fraction of sp³-hybridized carbons (Fsp3) is 0.474. The van der Waals surface area contributed by atoms with E-state index in [0.29, 0.717) is 19.8 Å². The van der Waals surface area contributed by atoms with Crippen LogP contribution in [-0.4, -0.2) is 46.3 Å². The van der Waals surface area contributed by atoms with Crippen LogP contribution in [0.25, 0.3) is 0 Å². The fourth-order valence-corrected chi connectivity index (χ4v) is 4.34. The largest absolute Gasteiger partial charge is 0.483 e. The molecule has 2 aromatic rings. The van der Waals surface area contributed by atoms with Gasteiger partial charge in [0.2, 0.25) is 0 Å². The second kappa shape index (κ2) is 5.63. The first-order valence-electron chi connectivity index (χ1n) is 9.23. The van der Waals surface area contributed by atoms with Gasteiger partial charge in [-0.3, -0.25) is 4.98 Å². The molecule has 1 unspecified atom stereocenters. The van der Waals surface area contributed by atoms with Gasteiger partial charge in [0.05, 0.1) is 19.8 Å². The second-order valence-corrected chi connectivity index (χ2v) is 7.66. The predicted octanol–water partition coefficient (Wildman–Crippen LogP) is 0.875. The van der Waals surface area contributed by atoms with E-state index in [1.165, 1.54) is 9.36 Å². The third-order valence-electron chi connectivity index (χ3n) is 5.67. The summed E-state index contributed by atoms with van der Waals surface area (Å²) in [7, 11) is 0. The Balaban J connectivity index is 1.67. The van der Waals surface area contributed by atoms with Crippen LogP contribution in [0.5, 0.6) is 5.75 Å². The van der Waals surface area contributed by atoms with Gasteiger partial charge in [-0.15, -0.1) is 0 Å². The van der Waals surface area contributed by atoms with E-state index >= 15 is 0 Å². The maximum Gasteiger partial charge on any atom is 0.345 e. The van der Waals surface area contributed by atoms with Gasteiger partial charge in [-0.05, 0) is 25.5 Å². The number of benzene rings is 1. The van der Waals surface area contributed by atoms with Crippen LogP contribution in [0.4, 0.5) is 5.69 Å². The van der Waals surface area contributed by atoms with E-state index in [4.69, 9.17) is 9.47 Å². The van der Waals surface area contributed by atoms with E-state index in [-0.39, 0.29) is 11.7 Å². The van der Waals surface area contributed by atoms with Crippen LogP contribution < -0.4 is 21.0 Å². The lowest BCUT2D eigenvalue weighted by atomic mass is 9.83. The Kier molecular flexibility index (Phi) is 3.42. The molecular formula is C19H22N4O4. The highest BCUT2D eigenvalue weighted by atomic mass is 16.5. The van der Waals surface area contributed by atoms with Gasteiger partial charge < -0.3 is 14.4 Å². The molecule has 0 saturated carbocycles. The zero-order valence-electron chi connectivity index (χ0n) is 15.4. The van der Waals surface area contributed by atoms with Crippen LogP contribution in [-0.2, 0) is 11.3 Å². The molecule has 0 aliphatic carbocycles. The van der Waals surface area contributed by atoms with E-state index in [2.05, 4.69) is 16.0 Å². The molecule has 1 atom stereocenters. The average molecular weight is 370 g/mol. The van der Waals surface area contributed by atoms with Gasteiger partial charge in [0.15, 0.2) is 0 Å². The van der Waals surface area contributed by atoms with Crippen molar-refractivity contribution in [2.45, 2.75) is 32.0 Å². The van der Waals surface area contributed by atoms with Gasteiger partial charge in [0.1, 0.15) is 17.4 Å². The van der Waals surface area contributed by atoms with Gasteiger partial charge in [-0.1, -0.05) is 12.1 Å². The molecule has 142 valence electrons. The number of aromatic amines is 1. The highest BCUT2D eigenvalue weighted by Gasteiger charge is 2.43. The van der Waals surface area contributed by atoms with Crippen molar-refractivity contribution in [3.05, 3.63) is 56.4 Å². The number of ether oxygens (including phenoxy) is 2. The number of anilines is 1. The van der Waals surface area contributed by atoms with Crippen molar-refractivity contribution in [1.82, 2.24) is 14.3 Å². The minimum atomic E-state index is -0.570. The Morgan fingerprint density at radius 3 is 2.70 bits per heavy atom. The molecule has 27 heavy (non-hydrogen) atoms. The number of H-pyrrole nitrogens is 1. The SMILES string of the molecule is CC1(C)Oc2cc(N3CCOCC3)ccc2C2C1=CCn1c(=O)[nH]c(=O)n12. The van der Waals surface area contributed by atoms with Gasteiger partial charge in [0.25, 0.3) is 0 Å². The monoisotopic (exact) mass is 370 g/mol. The van der Waals surface area contributed by atoms with Gasteiger partial charge in [0, 0.05) is 30.4 Å². The topological polar surface area (TPSA) is 81.5 Å². The molecule has 1 saturated heterocycles. The summed E-state index contributed by atoms with van der Waals surface area (Å²) in [6.07, 6.45) is 2.00. The molecule has 0 radical (unpaired) electrons. The van der Waals surface area contributed by atoms with Gasteiger partial charge >= 0.3 is 11.4 Å². The summed E-state index contributed by atoms with van der Waals surface area (Å²) in [5, 5.41) is 0. The van der Waals surface area contributed by atoms with E-state index in [9.17, 15) is 9.59 Å². The van der Waals surface area contributed by atoms with Crippen molar-refractivity contribution in [2.75, 3.05) is 31.2 Å². The summed E-state index contributed by atoms with van der Waals surface area (Å²) in [5.41, 5.74) is 1.62. The van der Waals surface area contributed by atoms with Gasteiger partial charge in [-0.2, -0.15) is 0 Å². The third kappa shape index (κ3) is 2.39. The van der Waals surface area contributed by atoms with Crippen LogP contribution in [0.15, 0.2) is 39.4 Å². The van der Waals surface area contributed by atoms with E-state index < -0.39 is 11.3 Å². The minimum Gasteiger partial charge on any atom is -0.483 e. The van der Waals surface area contributed by atoms with Crippen molar-refractivity contribution in [2.24, 2.45) is 0 Å². The van der Waals surface area contributed by atoms with E-state index in [1.807, 2.05) is 32.1 Å². The molecule has 5 rings (SSSR count). The summed E-state index contributed by atoms with van der Waals surface area (Å²) < 4.78 is 14.8. The number of rotatable bonds is 1. The average Bonchev–Trinajstić information content (AvgIpc) is 2.95. The third-order valence-corrected chi connectivity index (χ3v) is 5.67. The van der Waals surface area contributed by atoms with Crippen LogP contribution in [0.3, 0.4) is 0 Å².